The van der Waals surface area contributed by atoms with Gasteiger partial charge in [0, 0.05) is 11.7 Å². The standard InChI is InChI=1S/C17H19NO3S/c1-12-3-8-16(9-4-12)22(19,20)21-15-7-10-17-14(11-15)6-5-13(2)18-17/h3-4,7-11,13,18H,5-6H2,1-2H3. The Kier molecular flexibility index (Phi) is 3.83. The molecule has 0 aliphatic carbocycles. The van der Waals surface area contributed by atoms with Gasteiger partial charge in [-0.1, -0.05) is 17.7 Å². The summed E-state index contributed by atoms with van der Waals surface area (Å²) in [6.45, 7) is 4.05. The Bertz CT molecular complexity index is 782. The van der Waals surface area contributed by atoms with Crippen molar-refractivity contribution in [2.75, 3.05) is 5.32 Å². The van der Waals surface area contributed by atoms with Crippen LogP contribution in [0.4, 0.5) is 5.69 Å². The van der Waals surface area contributed by atoms with Crippen LogP contribution in [0.3, 0.4) is 0 Å². The van der Waals surface area contributed by atoms with E-state index >= 15 is 0 Å². The summed E-state index contributed by atoms with van der Waals surface area (Å²) < 4.78 is 29.9. The molecular formula is C17H19NO3S. The second-order valence-corrected chi connectivity index (χ2v) is 7.30. The predicted octanol–water partition coefficient (Wildman–Crippen LogP) is 3.51. The highest BCUT2D eigenvalue weighted by Gasteiger charge is 2.19. The molecule has 1 heterocycles. The molecular weight excluding hydrogens is 298 g/mol. The van der Waals surface area contributed by atoms with E-state index in [1.165, 1.54) is 0 Å². The number of anilines is 1. The van der Waals surface area contributed by atoms with E-state index in [1.54, 1.807) is 36.4 Å². The molecule has 4 nitrogen and oxygen atoms in total. The summed E-state index contributed by atoms with van der Waals surface area (Å²) in [5, 5.41) is 3.38. The van der Waals surface area contributed by atoms with Crippen molar-refractivity contribution >= 4 is 15.8 Å². The van der Waals surface area contributed by atoms with E-state index in [4.69, 9.17) is 4.18 Å². The second-order valence-electron chi connectivity index (χ2n) is 5.75. The van der Waals surface area contributed by atoms with Crippen molar-refractivity contribution in [3.8, 4) is 5.75 Å². The third-order valence-corrected chi connectivity index (χ3v) is 5.10. The Labute approximate surface area is 131 Å². The number of aryl methyl sites for hydroxylation is 2. The number of fused-ring (bicyclic) bond motifs is 1. The van der Waals surface area contributed by atoms with Crippen molar-refractivity contribution in [1.82, 2.24) is 0 Å². The zero-order valence-corrected chi connectivity index (χ0v) is 13.5. The van der Waals surface area contributed by atoms with Crippen molar-refractivity contribution in [2.24, 2.45) is 0 Å². The lowest BCUT2D eigenvalue weighted by Gasteiger charge is -2.24. The van der Waals surface area contributed by atoms with Crippen LogP contribution in [0.5, 0.6) is 5.75 Å². The van der Waals surface area contributed by atoms with Crippen LogP contribution in [0.15, 0.2) is 47.4 Å². The van der Waals surface area contributed by atoms with Crippen LogP contribution < -0.4 is 9.50 Å². The molecule has 1 N–H and O–H groups in total. The Morgan fingerprint density at radius 2 is 1.86 bits per heavy atom. The second kappa shape index (κ2) is 5.65. The molecule has 1 aliphatic heterocycles. The summed E-state index contributed by atoms with van der Waals surface area (Å²) >= 11 is 0. The van der Waals surface area contributed by atoms with Gasteiger partial charge in [-0.2, -0.15) is 8.42 Å². The van der Waals surface area contributed by atoms with E-state index in [0.717, 1.165) is 29.7 Å². The van der Waals surface area contributed by atoms with Crippen LogP contribution >= 0.6 is 0 Å². The molecule has 1 aliphatic rings. The molecule has 0 amide bonds. The Balaban J connectivity index is 1.85. The highest BCUT2D eigenvalue weighted by Crippen LogP contribution is 2.29. The quantitative estimate of drug-likeness (QED) is 0.880. The van der Waals surface area contributed by atoms with Gasteiger partial charge in [0.2, 0.25) is 0 Å². The fourth-order valence-electron chi connectivity index (χ4n) is 2.56. The van der Waals surface area contributed by atoms with Gasteiger partial charge in [-0.25, -0.2) is 0 Å². The van der Waals surface area contributed by atoms with Gasteiger partial charge in [0.25, 0.3) is 0 Å². The van der Waals surface area contributed by atoms with Gasteiger partial charge in [-0.3, -0.25) is 0 Å². The molecule has 0 saturated heterocycles. The van der Waals surface area contributed by atoms with Crippen LogP contribution in [-0.4, -0.2) is 14.5 Å². The van der Waals surface area contributed by atoms with Crippen molar-refractivity contribution < 1.29 is 12.6 Å². The van der Waals surface area contributed by atoms with E-state index < -0.39 is 10.1 Å². The molecule has 0 fully saturated rings. The van der Waals surface area contributed by atoms with Crippen LogP contribution in [0.1, 0.15) is 24.5 Å². The van der Waals surface area contributed by atoms with Crippen LogP contribution in [0.25, 0.3) is 0 Å². The van der Waals surface area contributed by atoms with Crippen LogP contribution in [0.2, 0.25) is 0 Å². The molecule has 116 valence electrons. The lowest BCUT2D eigenvalue weighted by atomic mass is 9.99. The molecule has 22 heavy (non-hydrogen) atoms. The molecule has 0 aromatic heterocycles. The van der Waals surface area contributed by atoms with E-state index in [0.29, 0.717) is 11.8 Å². The first-order valence-corrected chi connectivity index (χ1v) is 8.75. The molecule has 3 rings (SSSR count). The minimum Gasteiger partial charge on any atom is -0.382 e. The monoisotopic (exact) mass is 317 g/mol. The lowest BCUT2D eigenvalue weighted by Crippen LogP contribution is -2.21. The lowest BCUT2D eigenvalue weighted by molar-refractivity contribution is 0.485. The van der Waals surface area contributed by atoms with Crippen LogP contribution in [-0.2, 0) is 16.5 Å². The van der Waals surface area contributed by atoms with Crippen molar-refractivity contribution in [3.05, 3.63) is 53.6 Å². The molecule has 5 heteroatoms. The molecule has 1 unspecified atom stereocenters. The average molecular weight is 317 g/mol. The summed E-state index contributed by atoms with van der Waals surface area (Å²) in [5.74, 6) is 0.357. The van der Waals surface area contributed by atoms with Gasteiger partial charge in [-0.05, 0) is 62.6 Å². The van der Waals surface area contributed by atoms with Crippen molar-refractivity contribution in [1.29, 1.82) is 0 Å². The number of nitrogens with one attached hydrogen (secondary N) is 1. The largest absolute Gasteiger partial charge is 0.382 e. The minimum atomic E-state index is -3.79. The normalized spacial score (nSPS) is 17.5. The fraction of sp³-hybridized carbons (Fsp3) is 0.294. The molecule has 0 bridgehead atoms. The molecule has 2 aromatic rings. The van der Waals surface area contributed by atoms with Gasteiger partial charge < -0.3 is 9.50 Å². The summed E-state index contributed by atoms with van der Waals surface area (Å²) in [5.41, 5.74) is 3.15. The smallest absolute Gasteiger partial charge is 0.339 e. The zero-order valence-electron chi connectivity index (χ0n) is 12.7. The predicted molar refractivity (Wildman–Crippen MR) is 86.8 cm³/mol. The average Bonchev–Trinajstić information content (AvgIpc) is 2.47. The minimum absolute atomic E-state index is 0.169. The van der Waals surface area contributed by atoms with Crippen molar-refractivity contribution in [3.63, 3.8) is 0 Å². The van der Waals surface area contributed by atoms with E-state index in [1.807, 2.05) is 13.0 Å². The van der Waals surface area contributed by atoms with Gasteiger partial charge in [0.1, 0.15) is 10.6 Å². The zero-order chi connectivity index (χ0) is 15.7. The van der Waals surface area contributed by atoms with Crippen molar-refractivity contribution in [2.45, 2.75) is 37.6 Å². The molecule has 2 aromatic carbocycles. The summed E-state index contributed by atoms with van der Waals surface area (Å²) in [6, 6.07) is 12.5. The number of hydrogen-bond donors (Lipinski definition) is 1. The highest BCUT2D eigenvalue weighted by atomic mass is 32.2. The first-order chi connectivity index (χ1) is 10.4. The third-order valence-electron chi connectivity index (χ3n) is 3.84. The maximum Gasteiger partial charge on any atom is 0.339 e. The summed E-state index contributed by atoms with van der Waals surface area (Å²) in [4.78, 5) is 0.169. The molecule has 0 saturated carbocycles. The topological polar surface area (TPSA) is 55.4 Å². The van der Waals surface area contributed by atoms with Gasteiger partial charge >= 0.3 is 10.1 Å². The summed E-state index contributed by atoms with van der Waals surface area (Å²) in [7, 11) is -3.79. The highest BCUT2D eigenvalue weighted by molar-refractivity contribution is 7.87. The Hall–Kier alpha value is -2.01. The SMILES string of the molecule is Cc1ccc(S(=O)(=O)Oc2ccc3c(c2)CCC(C)N3)cc1. The van der Waals surface area contributed by atoms with Gasteiger partial charge in [0.05, 0.1) is 0 Å². The summed E-state index contributed by atoms with van der Waals surface area (Å²) in [6.07, 6.45) is 1.95. The number of rotatable bonds is 3. The first kappa shape index (κ1) is 14.9. The molecule has 0 spiro atoms. The Morgan fingerprint density at radius 1 is 1.14 bits per heavy atom. The van der Waals surface area contributed by atoms with E-state index in [2.05, 4.69) is 12.2 Å². The maximum absolute atomic E-state index is 12.3. The van der Waals surface area contributed by atoms with E-state index in [9.17, 15) is 8.42 Å². The fourth-order valence-corrected chi connectivity index (χ4v) is 3.48. The third kappa shape index (κ3) is 3.09. The number of hydrogen-bond acceptors (Lipinski definition) is 4. The van der Waals surface area contributed by atoms with Gasteiger partial charge in [0.15, 0.2) is 0 Å². The van der Waals surface area contributed by atoms with Crippen LogP contribution in [0, 0.1) is 6.92 Å². The van der Waals surface area contributed by atoms with Gasteiger partial charge in [-0.15, -0.1) is 0 Å². The van der Waals surface area contributed by atoms with E-state index in [-0.39, 0.29) is 4.90 Å². The molecule has 1 atom stereocenters. The number of benzene rings is 2. The first-order valence-electron chi connectivity index (χ1n) is 7.35. The molecule has 0 radical (unpaired) electrons. The Morgan fingerprint density at radius 3 is 2.59 bits per heavy atom. The maximum atomic E-state index is 12.3.